The highest BCUT2D eigenvalue weighted by Crippen LogP contribution is 2.35. The molecule has 0 aliphatic rings. The summed E-state index contributed by atoms with van der Waals surface area (Å²) in [5.74, 6) is 1.13. The number of benzene rings is 1. The molecule has 2 N–H and O–H groups in total. The van der Waals surface area contributed by atoms with E-state index in [2.05, 4.69) is 29.1 Å². The van der Waals surface area contributed by atoms with Crippen LogP contribution in [0.25, 0.3) is 28.0 Å². The van der Waals surface area contributed by atoms with Crippen LogP contribution in [0.3, 0.4) is 0 Å². The number of halogens is 1. The molecule has 0 aliphatic heterocycles. The lowest BCUT2D eigenvalue weighted by Crippen LogP contribution is -2.05. The van der Waals surface area contributed by atoms with Crippen LogP contribution < -0.4 is 10.6 Å². The molecule has 1 aromatic carbocycles. The first kappa shape index (κ1) is 20.5. The molecule has 0 aliphatic carbocycles. The smallest absolute Gasteiger partial charge is 0.223 e. The third-order valence-corrected chi connectivity index (χ3v) is 4.93. The predicted molar refractivity (Wildman–Crippen MR) is 124 cm³/mol. The van der Waals surface area contributed by atoms with Crippen LogP contribution in [0, 0.1) is 5.82 Å². The predicted octanol–water partition coefficient (Wildman–Crippen LogP) is 5.41. The highest BCUT2D eigenvalue weighted by Gasteiger charge is 2.19. The summed E-state index contributed by atoms with van der Waals surface area (Å²) in [6, 6.07) is 14.2. The molecule has 0 bridgehead atoms. The lowest BCUT2D eigenvalue weighted by molar-refractivity contribution is 0.628. The van der Waals surface area contributed by atoms with Gasteiger partial charge in [-0.1, -0.05) is 25.5 Å². The second-order valence-electron chi connectivity index (χ2n) is 7.15. The Bertz CT molecular complexity index is 1180. The molecule has 0 saturated carbocycles. The molecule has 158 valence electrons. The third-order valence-electron chi connectivity index (χ3n) is 4.93. The maximum Gasteiger partial charge on any atom is 0.223 e. The second kappa shape index (κ2) is 9.38. The summed E-state index contributed by atoms with van der Waals surface area (Å²) in [6.07, 6.45) is 5.68. The molecule has 0 atom stereocenters. The van der Waals surface area contributed by atoms with Crippen LogP contribution in [-0.4, -0.2) is 32.7 Å². The van der Waals surface area contributed by atoms with Crippen molar-refractivity contribution in [3.63, 3.8) is 0 Å². The SMILES string of the molecule is C=CCNc1cccc2c(-c3ccnc(NCCCC)n3)c(-c3ccc(F)cc3)nn12. The standard InChI is InChI=1S/C24H25FN6/c1-3-5-15-27-24-28-16-13-19(29-24)22-20-7-6-8-21(26-14-4-2)31(20)30-23(22)17-9-11-18(25)12-10-17/h4,6-13,16,26H,2-3,5,14-15H2,1H3,(H,27,28,29). The van der Waals surface area contributed by atoms with E-state index in [4.69, 9.17) is 10.1 Å². The fourth-order valence-corrected chi connectivity index (χ4v) is 3.40. The fraction of sp³-hybridized carbons (Fsp3) is 0.208. The molecular weight excluding hydrogens is 391 g/mol. The van der Waals surface area contributed by atoms with Crippen molar-refractivity contribution < 1.29 is 4.39 Å². The quantitative estimate of drug-likeness (QED) is 0.282. The first-order valence-electron chi connectivity index (χ1n) is 10.4. The summed E-state index contributed by atoms with van der Waals surface area (Å²) in [7, 11) is 0. The van der Waals surface area contributed by atoms with Crippen molar-refractivity contribution in [1.29, 1.82) is 0 Å². The molecule has 7 heteroatoms. The van der Waals surface area contributed by atoms with Crippen LogP contribution in [0.5, 0.6) is 0 Å². The second-order valence-corrected chi connectivity index (χ2v) is 7.15. The number of unbranched alkanes of at least 4 members (excludes halogenated alkanes) is 1. The minimum Gasteiger partial charge on any atom is -0.367 e. The van der Waals surface area contributed by atoms with E-state index in [0.29, 0.717) is 12.5 Å². The fourth-order valence-electron chi connectivity index (χ4n) is 3.40. The number of aromatic nitrogens is 4. The molecule has 0 radical (unpaired) electrons. The molecule has 6 nitrogen and oxygen atoms in total. The van der Waals surface area contributed by atoms with Gasteiger partial charge in [-0.2, -0.15) is 5.10 Å². The molecule has 31 heavy (non-hydrogen) atoms. The van der Waals surface area contributed by atoms with Crippen molar-refractivity contribution in [1.82, 2.24) is 19.6 Å². The molecule has 0 amide bonds. The molecule has 4 aromatic rings. The number of pyridine rings is 1. The van der Waals surface area contributed by atoms with E-state index in [-0.39, 0.29) is 5.82 Å². The van der Waals surface area contributed by atoms with Gasteiger partial charge in [-0.25, -0.2) is 18.9 Å². The van der Waals surface area contributed by atoms with Crippen LogP contribution in [0.2, 0.25) is 0 Å². The Morgan fingerprint density at radius 3 is 2.71 bits per heavy atom. The molecule has 0 fully saturated rings. The van der Waals surface area contributed by atoms with Gasteiger partial charge in [0.1, 0.15) is 17.3 Å². The zero-order valence-corrected chi connectivity index (χ0v) is 17.5. The topological polar surface area (TPSA) is 67.1 Å². The van der Waals surface area contributed by atoms with Crippen molar-refractivity contribution in [2.45, 2.75) is 19.8 Å². The molecule has 3 aromatic heterocycles. The lowest BCUT2D eigenvalue weighted by atomic mass is 10.0. The molecular formula is C24H25FN6. The van der Waals surface area contributed by atoms with E-state index in [9.17, 15) is 4.39 Å². The maximum absolute atomic E-state index is 13.6. The Morgan fingerprint density at radius 2 is 1.94 bits per heavy atom. The van der Waals surface area contributed by atoms with Gasteiger partial charge in [0.05, 0.1) is 16.8 Å². The summed E-state index contributed by atoms with van der Waals surface area (Å²) in [6.45, 7) is 7.34. The molecule has 0 saturated heterocycles. The van der Waals surface area contributed by atoms with E-state index in [0.717, 1.165) is 53.2 Å². The lowest BCUT2D eigenvalue weighted by Gasteiger charge is -2.08. The van der Waals surface area contributed by atoms with Gasteiger partial charge in [-0.15, -0.1) is 6.58 Å². The monoisotopic (exact) mass is 416 g/mol. The maximum atomic E-state index is 13.6. The van der Waals surface area contributed by atoms with E-state index >= 15 is 0 Å². The van der Waals surface area contributed by atoms with Crippen LogP contribution in [0.4, 0.5) is 16.2 Å². The minimum absolute atomic E-state index is 0.285. The summed E-state index contributed by atoms with van der Waals surface area (Å²) < 4.78 is 15.4. The van der Waals surface area contributed by atoms with Crippen molar-refractivity contribution in [2.24, 2.45) is 0 Å². The van der Waals surface area contributed by atoms with Gasteiger partial charge in [0.25, 0.3) is 0 Å². The van der Waals surface area contributed by atoms with Gasteiger partial charge in [0.15, 0.2) is 0 Å². The van der Waals surface area contributed by atoms with E-state index in [1.165, 1.54) is 12.1 Å². The van der Waals surface area contributed by atoms with E-state index < -0.39 is 0 Å². The van der Waals surface area contributed by atoms with Crippen molar-refractivity contribution in [3.05, 3.63) is 73.2 Å². The molecule has 0 spiro atoms. The van der Waals surface area contributed by atoms with Crippen LogP contribution in [0.15, 0.2) is 67.4 Å². The number of anilines is 2. The van der Waals surface area contributed by atoms with Crippen LogP contribution >= 0.6 is 0 Å². The average Bonchev–Trinajstić information content (AvgIpc) is 3.19. The molecule has 0 unspecified atom stereocenters. The van der Waals surface area contributed by atoms with Gasteiger partial charge in [0, 0.05) is 24.8 Å². The minimum atomic E-state index is -0.285. The van der Waals surface area contributed by atoms with Crippen LogP contribution in [0.1, 0.15) is 19.8 Å². The largest absolute Gasteiger partial charge is 0.367 e. The van der Waals surface area contributed by atoms with Gasteiger partial charge < -0.3 is 10.6 Å². The highest BCUT2D eigenvalue weighted by molar-refractivity contribution is 5.91. The van der Waals surface area contributed by atoms with Gasteiger partial charge in [-0.3, -0.25) is 0 Å². The van der Waals surface area contributed by atoms with Crippen molar-refractivity contribution >= 4 is 17.3 Å². The zero-order chi connectivity index (χ0) is 21.6. The molecule has 3 heterocycles. The Hall–Kier alpha value is -3.74. The first-order valence-corrected chi connectivity index (χ1v) is 10.4. The van der Waals surface area contributed by atoms with Crippen molar-refractivity contribution in [3.8, 4) is 22.5 Å². The summed E-state index contributed by atoms with van der Waals surface area (Å²) >= 11 is 0. The Kier molecular flexibility index (Phi) is 6.21. The summed E-state index contributed by atoms with van der Waals surface area (Å²) in [5, 5.41) is 11.5. The third kappa shape index (κ3) is 4.40. The number of hydrogen-bond acceptors (Lipinski definition) is 5. The number of nitrogens with zero attached hydrogens (tertiary/aromatic N) is 4. The summed E-state index contributed by atoms with van der Waals surface area (Å²) in [5.41, 5.74) is 4.06. The Balaban J connectivity index is 1.88. The Labute approximate surface area is 180 Å². The average molecular weight is 417 g/mol. The summed E-state index contributed by atoms with van der Waals surface area (Å²) in [4.78, 5) is 9.10. The Morgan fingerprint density at radius 1 is 1.10 bits per heavy atom. The van der Waals surface area contributed by atoms with E-state index in [1.54, 1.807) is 24.4 Å². The first-order chi connectivity index (χ1) is 15.2. The highest BCUT2D eigenvalue weighted by atomic mass is 19.1. The van der Waals surface area contributed by atoms with E-state index in [1.807, 2.05) is 28.8 Å². The van der Waals surface area contributed by atoms with Gasteiger partial charge >= 0.3 is 0 Å². The number of rotatable bonds is 9. The van der Waals surface area contributed by atoms with Gasteiger partial charge in [-0.05, 0) is 48.9 Å². The normalized spacial score (nSPS) is 10.9. The zero-order valence-electron chi connectivity index (χ0n) is 17.5. The van der Waals surface area contributed by atoms with Crippen LogP contribution in [-0.2, 0) is 0 Å². The number of nitrogens with one attached hydrogen (secondary N) is 2. The number of fused-ring (bicyclic) bond motifs is 1. The number of hydrogen-bond donors (Lipinski definition) is 2. The molecule has 4 rings (SSSR count). The van der Waals surface area contributed by atoms with Gasteiger partial charge in [0.2, 0.25) is 5.95 Å². The van der Waals surface area contributed by atoms with Crippen molar-refractivity contribution in [2.75, 3.05) is 23.7 Å².